The van der Waals surface area contributed by atoms with Gasteiger partial charge in [-0.3, -0.25) is 9.59 Å². The summed E-state index contributed by atoms with van der Waals surface area (Å²) in [5.41, 5.74) is 0. The SMILES string of the molecule is CC/C=C\C/C=C\C/C=C\C/C=C\C/C=C\C/C=C\CCCCCCCCCCCCCCCCCCCCCCCCC(=O)OC(CO)COC(=O)CCCCCCCCCCCCCCCCCC/C=C\C/C=C\C/C=C\CCCCCCC. The number of allylic oxidation sites excluding steroid dienone is 18. The highest BCUT2D eigenvalue weighted by Gasteiger charge is 2.16. The van der Waals surface area contributed by atoms with Crippen LogP contribution >= 0.6 is 0 Å². The fourth-order valence-corrected chi connectivity index (χ4v) is 11.0. The predicted octanol–water partition coefficient (Wildman–Crippen LogP) is 26.3. The zero-order valence-electron chi connectivity index (χ0n) is 57.1. The number of aliphatic hydroxyl groups excluding tert-OH is 1. The molecule has 0 spiro atoms. The van der Waals surface area contributed by atoms with Gasteiger partial charge in [-0.25, -0.2) is 0 Å². The number of aliphatic hydroxyl groups is 1. The monoisotopic (exact) mass is 1200 g/mol. The standard InChI is InChI=1S/C81H142O5/c1-3-5-7-9-11-13-15-17-19-21-23-25-27-29-31-33-35-36-37-38-39-40-41-42-43-44-46-48-50-52-54-56-58-60-62-64-66-68-70-72-74-76-81(84)86-79(77-82)78-85-80(83)75-73-71-69-67-65-63-61-59-57-55-53-51-49-47-45-34-32-30-28-26-24-22-20-18-16-14-12-10-8-6-4-2/h5,7,11,13,16-19,22-25,28-31,35-36,79,82H,3-4,6,8-10,12,14-15,20-21,26-27,32-34,37-78H2,1-2H3/b7-5-,13-11-,18-16-,19-17-,24-22-,25-23-,30-28-,31-29-,36-35-. The maximum absolute atomic E-state index is 12.4. The Balaban J connectivity index is 3.42. The van der Waals surface area contributed by atoms with Crippen molar-refractivity contribution in [3.05, 3.63) is 109 Å². The van der Waals surface area contributed by atoms with E-state index in [0.717, 1.165) is 89.9 Å². The van der Waals surface area contributed by atoms with Crippen LogP contribution < -0.4 is 0 Å². The highest BCUT2D eigenvalue weighted by atomic mass is 16.6. The first-order chi connectivity index (χ1) is 42.6. The Morgan fingerprint density at radius 2 is 0.500 bits per heavy atom. The molecule has 0 aliphatic heterocycles. The van der Waals surface area contributed by atoms with Gasteiger partial charge >= 0.3 is 11.9 Å². The second-order valence-electron chi connectivity index (χ2n) is 25.0. The maximum atomic E-state index is 12.4. The van der Waals surface area contributed by atoms with Crippen LogP contribution in [0.25, 0.3) is 0 Å². The third kappa shape index (κ3) is 73.0. The van der Waals surface area contributed by atoms with E-state index < -0.39 is 6.10 Å². The van der Waals surface area contributed by atoms with Gasteiger partial charge < -0.3 is 14.6 Å². The van der Waals surface area contributed by atoms with Gasteiger partial charge in [0.05, 0.1) is 6.61 Å². The summed E-state index contributed by atoms with van der Waals surface area (Å²) in [4.78, 5) is 24.7. The van der Waals surface area contributed by atoms with E-state index in [-0.39, 0.29) is 25.2 Å². The number of hydrogen-bond donors (Lipinski definition) is 1. The molecule has 0 aliphatic rings. The second-order valence-corrected chi connectivity index (χ2v) is 25.0. The highest BCUT2D eigenvalue weighted by Crippen LogP contribution is 2.18. The molecule has 0 fully saturated rings. The zero-order chi connectivity index (χ0) is 61.9. The van der Waals surface area contributed by atoms with Crippen LogP contribution in [0.2, 0.25) is 0 Å². The summed E-state index contributed by atoms with van der Waals surface area (Å²) in [6.07, 6.45) is 110. The van der Waals surface area contributed by atoms with Crippen molar-refractivity contribution in [2.45, 2.75) is 380 Å². The van der Waals surface area contributed by atoms with Crippen LogP contribution in [0, 0.1) is 0 Å². The van der Waals surface area contributed by atoms with Gasteiger partial charge in [-0.05, 0) is 103 Å². The zero-order valence-corrected chi connectivity index (χ0v) is 57.1. The van der Waals surface area contributed by atoms with E-state index in [1.165, 1.54) is 257 Å². The normalized spacial score (nSPS) is 12.8. The van der Waals surface area contributed by atoms with Gasteiger partial charge in [-0.1, -0.05) is 367 Å². The minimum absolute atomic E-state index is 0.0645. The van der Waals surface area contributed by atoms with Gasteiger partial charge in [-0.2, -0.15) is 0 Å². The van der Waals surface area contributed by atoms with Crippen molar-refractivity contribution in [2.24, 2.45) is 0 Å². The predicted molar refractivity (Wildman–Crippen MR) is 380 cm³/mol. The average Bonchev–Trinajstić information content (AvgIpc) is 3.54. The van der Waals surface area contributed by atoms with E-state index in [2.05, 4.69) is 123 Å². The number of hydrogen-bond acceptors (Lipinski definition) is 5. The van der Waals surface area contributed by atoms with Crippen molar-refractivity contribution in [1.29, 1.82) is 0 Å². The lowest BCUT2D eigenvalue weighted by Crippen LogP contribution is -2.28. The van der Waals surface area contributed by atoms with Crippen molar-refractivity contribution < 1.29 is 24.2 Å². The molecule has 0 aromatic carbocycles. The molecule has 496 valence electrons. The van der Waals surface area contributed by atoms with E-state index in [9.17, 15) is 14.7 Å². The molecular weight excluding hydrogens is 1050 g/mol. The van der Waals surface area contributed by atoms with Gasteiger partial charge in [0, 0.05) is 12.8 Å². The molecule has 0 bridgehead atoms. The quantitative estimate of drug-likeness (QED) is 0.0373. The van der Waals surface area contributed by atoms with E-state index in [0.29, 0.717) is 12.8 Å². The minimum Gasteiger partial charge on any atom is -0.462 e. The fourth-order valence-electron chi connectivity index (χ4n) is 11.0. The van der Waals surface area contributed by atoms with Crippen LogP contribution in [0.3, 0.4) is 0 Å². The fraction of sp³-hybridized carbons (Fsp3) is 0.753. The molecule has 5 heteroatoms. The first-order valence-electron chi connectivity index (χ1n) is 37.4. The Morgan fingerprint density at radius 1 is 0.279 bits per heavy atom. The average molecular weight is 1200 g/mol. The number of carbonyl (C=O) groups is 2. The third-order valence-electron chi connectivity index (χ3n) is 16.6. The molecule has 5 nitrogen and oxygen atoms in total. The molecule has 1 N–H and O–H groups in total. The molecular formula is C81H142O5. The van der Waals surface area contributed by atoms with Crippen molar-refractivity contribution in [3.8, 4) is 0 Å². The maximum Gasteiger partial charge on any atom is 0.306 e. The van der Waals surface area contributed by atoms with Gasteiger partial charge in [0.1, 0.15) is 6.61 Å². The summed E-state index contributed by atoms with van der Waals surface area (Å²) in [5.74, 6) is -0.575. The summed E-state index contributed by atoms with van der Waals surface area (Å²) < 4.78 is 10.8. The van der Waals surface area contributed by atoms with E-state index >= 15 is 0 Å². The molecule has 86 heavy (non-hydrogen) atoms. The molecule has 0 saturated carbocycles. The third-order valence-corrected chi connectivity index (χ3v) is 16.6. The second kappa shape index (κ2) is 75.8. The molecule has 1 unspecified atom stereocenters. The van der Waals surface area contributed by atoms with Gasteiger partial charge in [0.2, 0.25) is 0 Å². The number of rotatable bonds is 69. The summed E-state index contributed by atoms with van der Waals surface area (Å²) in [6, 6.07) is 0. The van der Waals surface area contributed by atoms with Crippen molar-refractivity contribution in [2.75, 3.05) is 13.2 Å². The molecule has 0 amide bonds. The van der Waals surface area contributed by atoms with Crippen LogP contribution in [0.4, 0.5) is 0 Å². The van der Waals surface area contributed by atoms with Crippen LogP contribution in [0.1, 0.15) is 373 Å². The number of unbranched alkanes of at least 4 members (excludes halogenated alkanes) is 43. The van der Waals surface area contributed by atoms with Crippen molar-refractivity contribution in [3.63, 3.8) is 0 Å². The molecule has 0 aliphatic carbocycles. The molecule has 1 atom stereocenters. The van der Waals surface area contributed by atoms with Crippen LogP contribution in [-0.4, -0.2) is 36.4 Å². The molecule has 0 aromatic rings. The van der Waals surface area contributed by atoms with E-state index in [4.69, 9.17) is 9.47 Å². The van der Waals surface area contributed by atoms with Crippen molar-refractivity contribution in [1.82, 2.24) is 0 Å². The first-order valence-corrected chi connectivity index (χ1v) is 37.4. The van der Waals surface area contributed by atoms with Gasteiger partial charge in [0.25, 0.3) is 0 Å². The molecule has 0 rings (SSSR count). The van der Waals surface area contributed by atoms with E-state index in [1.807, 2.05) is 0 Å². The number of carbonyl (C=O) groups excluding carboxylic acids is 2. The molecule has 0 saturated heterocycles. The van der Waals surface area contributed by atoms with Crippen LogP contribution in [-0.2, 0) is 19.1 Å². The Labute approximate surface area is 535 Å². The van der Waals surface area contributed by atoms with Crippen molar-refractivity contribution >= 4 is 11.9 Å². The molecule has 0 aromatic heterocycles. The number of esters is 2. The summed E-state index contributed by atoms with van der Waals surface area (Å²) in [5, 5.41) is 9.72. The topological polar surface area (TPSA) is 72.8 Å². The summed E-state index contributed by atoms with van der Waals surface area (Å²) in [7, 11) is 0. The largest absolute Gasteiger partial charge is 0.462 e. The van der Waals surface area contributed by atoms with Gasteiger partial charge in [0.15, 0.2) is 6.10 Å². The van der Waals surface area contributed by atoms with Gasteiger partial charge in [-0.15, -0.1) is 0 Å². The molecule has 0 radical (unpaired) electrons. The molecule has 0 heterocycles. The van der Waals surface area contributed by atoms with Crippen LogP contribution in [0.15, 0.2) is 109 Å². The van der Waals surface area contributed by atoms with Crippen LogP contribution in [0.5, 0.6) is 0 Å². The Hall–Kier alpha value is -3.44. The first kappa shape index (κ1) is 82.6. The summed E-state index contributed by atoms with van der Waals surface area (Å²) >= 11 is 0. The Bertz CT molecular complexity index is 1640. The number of ether oxygens (including phenoxy) is 2. The summed E-state index contributed by atoms with van der Waals surface area (Å²) in [6.45, 7) is 4.05. The highest BCUT2D eigenvalue weighted by molar-refractivity contribution is 5.70. The Kier molecular flexibility index (Phi) is 72.8. The van der Waals surface area contributed by atoms with E-state index in [1.54, 1.807) is 0 Å². The smallest absolute Gasteiger partial charge is 0.306 e. The Morgan fingerprint density at radius 3 is 0.756 bits per heavy atom. The lowest BCUT2D eigenvalue weighted by Gasteiger charge is -2.15. The lowest BCUT2D eigenvalue weighted by atomic mass is 10.0. The lowest BCUT2D eigenvalue weighted by molar-refractivity contribution is -0.161. The minimum atomic E-state index is -0.776.